The first-order chi connectivity index (χ1) is 7.11. The van der Waals surface area contributed by atoms with Gasteiger partial charge in [0.05, 0.1) is 12.7 Å². The van der Waals surface area contributed by atoms with E-state index < -0.39 is 12.1 Å². The van der Waals surface area contributed by atoms with Crippen molar-refractivity contribution in [2.75, 3.05) is 6.61 Å². The molecule has 0 heterocycles. The first kappa shape index (κ1) is 11.2. The Bertz CT molecular complexity index is 383. The van der Waals surface area contributed by atoms with E-state index in [0.717, 1.165) is 0 Å². The summed E-state index contributed by atoms with van der Waals surface area (Å²) in [6.45, 7) is 1.05. The number of rotatable bonds is 3. The Kier molecular flexibility index (Phi) is 3.42. The van der Waals surface area contributed by atoms with Crippen LogP contribution in [0.3, 0.4) is 0 Å². The van der Waals surface area contributed by atoms with Crippen LogP contribution < -0.4 is 5.32 Å². The summed E-state index contributed by atoms with van der Waals surface area (Å²) in [5.74, 6) is -0.367. The van der Waals surface area contributed by atoms with Crippen molar-refractivity contribution in [1.29, 1.82) is 5.26 Å². The van der Waals surface area contributed by atoms with Gasteiger partial charge in [0.15, 0.2) is 0 Å². The fourth-order valence-electron chi connectivity index (χ4n) is 1.02. The van der Waals surface area contributed by atoms with Crippen LogP contribution in [0.4, 0.5) is 0 Å². The molecule has 1 atom stereocenters. The van der Waals surface area contributed by atoms with Gasteiger partial charge < -0.3 is 10.4 Å². The fourth-order valence-corrected chi connectivity index (χ4v) is 1.02. The van der Waals surface area contributed by atoms with Gasteiger partial charge in [0.1, 0.15) is 5.54 Å². The molecular weight excluding hydrogens is 192 g/mol. The number of amides is 1. The topological polar surface area (TPSA) is 73.1 Å². The van der Waals surface area contributed by atoms with Crippen molar-refractivity contribution in [3.63, 3.8) is 0 Å². The molecule has 0 aliphatic rings. The molecule has 4 nitrogen and oxygen atoms in total. The second-order valence-corrected chi connectivity index (χ2v) is 3.42. The normalized spacial score (nSPS) is 13.7. The zero-order valence-electron chi connectivity index (χ0n) is 8.40. The van der Waals surface area contributed by atoms with Gasteiger partial charge in [-0.2, -0.15) is 5.26 Å². The molecule has 0 spiro atoms. The van der Waals surface area contributed by atoms with Crippen molar-refractivity contribution < 1.29 is 9.90 Å². The summed E-state index contributed by atoms with van der Waals surface area (Å²) in [7, 11) is 0. The van der Waals surface area contributed by atoms with Gasteiger partial charge in [0, 0.05) is 5.56 Å². The molecule has 4 heteroatoms. The minimum Gasteiger partial charge on any atom is -0.393 e. The predicted octanol–water partition coefficient (Wildman–Crippen LogP) is 0.691. The van der Waals surface area contributed by atoms with Gasteiger partial charge in [-0.05, 0) is 19.1 Å². The van der Waals surface area contributed by atoms with Crippen molar-refractivity contribution in [1.82, 2.24) is 5.32 Å². The molecule has 0 aliphatic heterocycles. The van der Waals surface area contributed by atoms with E-state index in [-0.39, 0.29) is 5.91 Å². The van der Waals surface area contributed by atoms with E-state index in [2.05, 4.69) is 5.32 Å². The van der Waals surface area contributed by atoms with Crippen LogP contribution in [0.5, 0.6) is 0 Å². The van der Waals surface area contributed by atoms with Gasteiger partial charge in [-0.25, -0.2) is 0 Å². The van der Waals surface area contributed by atoms with E-state index >= 15 is 0 Å². The van der Waals surface area contributed by atoms with Crippen LogP contribution in [-0.2, 0) is 0 Å². The second kappa shape index (κ2) is 4.58. The van der Waals surface area contributed by atoms with E-state index in [1.165, 1.54) is 6.92 Å². The van der Waals surface area contributed by atoms with Crippen LogP contribution in [0, 0.1) is 11.3 Å². The Morgan fingerprint density at radius 2 is 2.13 bits per heavy atom. The van der Waals surface area contributed by atoms with Gasteiger partial charge in [-0.15, -0.1) is 0 Å². The van der Waals surface area contributed by atoms with Crippen molar-refractivity contribution in [2.24, 2.45) is 0 Å². The Morgan fingerprint density at radius 3 is 2.60 bits per heavy atom. The molecule has 0 fully saturated rings. The van der Waals surface area contributed by atoms with Crippen molar-refractivity contribution in [3.8, 4) is 6.07 Å². The van der Waals surface area contributed by atoms with Gasteiger partial charge in [-0.3, -0.25) is 4.79 Å². The zero-order chi connectivity index (χ0) is 11.3. The van der Waals surface area contributed by atoms with Crippen LogP contribution in [0.1, 0.15) is 17.3 Å². The van der Waals surface area contributed by atoms with Gasteiger partial charge in [0.2, 0.25) is 0 Å². The first-order valence-electron chi connectivity index (χ1n) is 4.51. The third-order valence-corrected chi connectivity index (χ3v) is 1.99. The van der Waals surface area contributed by atoms with Crippen molar-refractivity contribution in [3.05, 3.63) is 35.9 Å². The predicted molar refractivity (Wildman–Crippen MR) is 55.0 cm³/mol. The minimum absolute atomic E-state index is 0.367. The number of hydrogen-bond donors (Lipinski definition) is 2. The number of carbonyl (C=O) groups excluding carboxylic acids is 1. The molecule has 0 saturated heterocycles. The molecule has 15 heavy (non-hydrogen) atoms. The molecule has 78 valence electrons. The number of nitrogens with one attached hydrogen (secondary N) is 1. The van der Waals surface area contributed by atoms with Gasteiger partial charge >= 0.3 is 0 Å². The molecular formula is C11H12N2O2. The number of nitriles is 1. The summed E-state index contributed by atoms with van der Waals surface area (Å²) in [6.07, 6.45) is 0. The third kappa shape index (κ3) is 2.79. The number of hydrogen-bond acceptors (Lipinski definition) is 3. The van der Waals surface area contributed by atoms with Gasteiger partial charge in [-0.1, -0.05) is 18.2 Å². The summed E-state index contributed by atoms with van der Waals surface area (Å²) < 4.78 is 0. The summed E-state index contributed by atoms with van der Waals surface area (Å²) >= 11 is 0. The molecule has 0 radical (unpaired) electrons. The molecule has 0 aromatic heterocycles. The van der Waals surface area contributed by atoms with Gasteiger partial charge in [0.25, 0.3) is 5.91 Å². The molecule has 0 aliphatic carbocycles. The number of carbonyl (C=O) groups is 1. The molecule has 0 saturated carbocycles. The van der Waals surface area contributed by atoms with Crippen molar-refractivity contribution in [2.45, 2.75) is 12.5 Å². The van der Waals surface area contributed by atoms with Crippen molar-refractivity contribution >= 4 is 5.91 Å². The first-order valence-corrected chi connectivity index (χ1v) is 4.51. The largest absolute Gasteiger partial charge is 0.393 e. The van der Waals surface area contributed by atoms with E-state index in [4.69, 9.17) is 10.4 Å². The average molecular weight is 204 g/mol. The lowest BCUT2D eigenvalue weighted by molar-refractivity contribution is 0.0893. The number of nitrogens with zero attached hydrogens (tertiary/aromatic N) is 1. The van der Waals surface area contributed by atoms with Crippen LogP contribution in [0.25, 0.3) is 0 Å². The standard InChI is InChI=1S/C11H12N2O2/c1-11(7-12,8-14)13-10(15)9-5-3-2-4-6-9/h2-6,14H,8H2,1H3,(H,13,15). The van der Waals surface area contributed by atoms with E-state index in [9.17, 15) is 4.79 Å². The molecule has 1 aromatic rings. The number of aliphatic hydroxyl groups is 1. The highest BCUT2D eigenvalue weighted by atomic mass is 16.3. The number of benzene rings is 1. The lowest BCUT2D eigenvalue weighted by Crippen LogP contribution is -2.47. The quantitative estimate of drug-likeness (QED) is 0.760. The van der Waals surface area contributed by atoms with E-state index in [0.29, 0.717) is 5.56 Å². The maximum Gasteiger partial charge on any atom is 0.252 e. The average Bonchev–Trinajstić information content (AvgIpc) is 2.30. The molecule has 0 bridgehead atoms. The maximum atomic E-state index is 11.6. The molecule has 1 unspecified atom stereocenters. The monoisotopic (exact) mass is 204 g/mol. The van der Waals surface area contributed by atoms with Crippen LogP contribution in [-0.4, -0.2) is 23.2 Å². The third-order valence-electron chi connectivity index (χ3n) is 1.99. The highest BCUT2D eigenvalue weighted by Gasteiger charge is 2.25. The maximum absolute atomic E-state index is 11.6. The molecule has 1 rings (SSSR count). The Labute approximate surface area is 88.2 Å². The smallest absolute Gasteiger partial charge is 0.252 e. The van der Waals surface area contributed by atoms with Crippen LogP contribution in [0.15, 0.2) is 30.3 Å². The van der Waals surface area contributed by atoms with Crippen LogP contribution in [0.2, 0.25) is 0 Å². The Morgan fingerprint density at radius 1 is 1.53 bits per heavy atom. The highest BCUT2D eigenvalue weighted by Crippen LogP contribution is 2.04. The SMILES string of the molecule is CC(C#N)(CO)NC(=O)c1ccccc1. The minimum atomic E-state index is -1.23. The summed E-state index contributed by atoms with van der Waals surface area (Å²) in [5, 5.41) is 20.2. The van der Waals surface area contributed by atoms with E-state index in [1.807, 2.05) is 6.07 Å². The molecule has 2 N–H and O–H groups in total. The Balaban J connectivity index is 2.77. The van der Waals surface area contributed by atoms with Crippen LogP contribution >= 0.6 is 0 Å². The summed E-state index contributed by atoms with van der Waals surface area (Å²) in [5.41, 5.74) is -0.764. The molecule has 1 aromatic carbocycles. The zero-order valence-corrected chi connectivity index (χ0v) is 8.40. The second-order valence-electron chi connectivity index (χ2n) is 3.42. The summed E-state index contributed by atoms with van der Waals surface area (Å²) in [6, 6.07) is 10.4. The lowest BCUT2D eigenvalue weighted by atomic mass is 10.1. The van der Waals surface area contributed by atoms with E-state index in [1.54, 1.807) is 30.3 Å². The lowest BCUT2D eigenvalue weighted by Gasteiger charge is -2.20. The highest BCUT2D eigenvalue weighted by molar-refractivity contribution is 5.94. The summed E-state index contributed by atoms with van der Waals surface area (Å²) in [4.78, 5) is 11.6. The number of aliphatic hydroxyl groups excluding tert-OH is 1. The Hall–Kier alpha value is -1.86. The molecule has 1 amide bonds. The fraction of sp³-hybridized carbons (Fsp3) is 0.273.